The quantitative estimate of drug-likeness (QED) is 0.790. The molecule has 0 radical (unpaired) electrons. The zero-order valence-electron chi connectivity index (χ0n) is 8.61. The fourth-order valence-corrected chi connectivity index (χ4v) is 1.93. The Morgan fingerprint density at radius 1 is 1.43 bits per heavy atom. The molecule has 0 aromatic carbocycles. The molecule has 0 saturated heterocycles. The Labute approximate surface area is 85.0 Å². The molecule has 1 unspecified atom stereocenters. The molecule has 0 amide bonds. The lowest BCUT2D eigenvalue weighted by molar-refractivity contribution is 0.226. The number of hydrogen-bond acceptors (Lipinski definition) is 3. The van der Waals surface area contributed by atoms with Gasteiger partial charge >= 0.3 is 0 Å². The number of hydrogen-bond donors (Lipinski definition) is 1. The average molecular weight is 191 g/mol. The summed E-state index contributed by atoms with van der Waals surface area (Å²) < 4.78 is 0. The van der Waals surface area contributed by atoms with Crippen molar-refractivity contribution in [3.05, 3.63) is 24.3 Å². The van der Waals surface area contributed by atoms with Gasteiger partial charge in [-0.05, 0) is 31.4 Å². The van der Waals surface area contributed by atoms with E-state index < -0.39 is 0 Å². The van der Waals surface area contributed by atoms with Crippen molar-refractivity contribution in [1.29, 1.82) is 0 Å². The number of aromatic nitrogens is 2. The highest BCUT2D eigenvalue weighted by atomic mass is 15.0. The smallest absolute Gasteiger partial charge is 0.145 e. The summed E-state index contributed by atoms with van der Waals surface area (Å²) in [7, 11) is 0. The zero-order chi connectivity index (χ0) is 9.80. The molecular weight excluding hydrogens is 174 g/mol. The molecule has 76 valence electrons. The van der Waals surface area contributed by atoms with Gasteiger partial charge in [-0.15, -0.1) is 0 Å². The van der Waals surface area contributed by atoms with Crippen LogP contribution in [0.1, 0.15) is 38.1 Å². The van der Waals surface area contributed by atoms with Gasteiger partial charge in [-0.25, -0.2) is 9.97 Å². The SMILES string of the molecule is CCNC(c1ncccn1)C1CCC1. The molecule has 0 spiro atoms. The van der Waals surface area contributed by atoms with Crippen molar-refractivity contribution in [2.45, 2.75) is 32.2 Å². The zero-order valence-corrected chi connectivity index (χ0v) is 8.61. The summed E-state index contributed by atoms with van der Waals surface area (Å²) in [4.78, 5) is 8.65. The third-order valence-corrected chi connectivity index (χ3v) is 2.91. The monoisotopic (exact) mass is 191 g/mol. The van der Waals surface area contributed by atoms with Crippen LogP contribution >= 0.6 is 0 Å². The van der Waals surface area contributed by atoms with Gasteiger partial charge < -0.3 is 5.32 Å². The van der Waals surface area contributed by atoms with Crippen LogP contribution in [0.25, 0.3) is 0 Å². The lowest BCUT2D eigenvalue weighted by atomic mass is 9.79. The van der Waals surface area contributed by atoms with Gasteiger partial charge in [-0.3, -0.25) is 0 Å². The first-order valence-corrected chi connectivity index (χ1v) is 5.42. The van der Waals surface area contributed by atoms with Crippen molar-refractivity contribution in [3.8, 4) is 0 Å². The molecular formula is C11H17N3. The van der Waals surface area contributed by atoms with Crippen LogP contribution < -0.4 is 5.32 Å². The van der Waals surface area contributed by atoms with E-state index in [1.165, 1.54) is 19.3 Å². The Bertz CT molecular complexity index is 269. The molecule has 1 N–H and O–H groups in total. The van der Waals surface area contributed by atoms with Crippen LogP contribution in [0.5, 0.6) is 0 Å². The fourth-order valence-electron chi connectivity index (χ4n) is 1.93. The number of nitrogens with one attached hydrogen (secondary N) is 1. The number of rotatable bonds is 4. The molecule has 1 aliphatic rings. The van der Waals surface area contributed by atoms with Gasteiger partial charge in [-0.1, -0.05) is 13.3 Å². The summed E-state index contributed by atoms with van der Waals surface area (Å²) >= 11 is 0. The first kappa shape index (κ1) is 9.59. The van der Waals surface area contributed by atoms with Gasteiger partial charge in [0.2, 0.25) is 0 Å². The van der Waals surface area contributed by atoms with Crippen LogP contribution in [0.3, 0.4) is 0 Å². The van der Waals surface area contributed by atoms with E-state index in [4.69, 9.17) is 0 Å². The first-order chi connectivity index (χ1) is 6.92. The van der Waals surface area contributed by atoms with Gasteiger partial charge in [0.05, 0.1) is 6.04 Å². The maximum absolute atomic E-state index is 4.33. The second-order valence-electron chi connectivity index (χ2n) is 3.83. The van der Waals surface area contributed by atoms with Crippen LogP contribution in [-0.4, -0.2) is 16.5 Å². The molecule has 1 aromatic heterocycles. The minimum absolute atomic E-state index is 0.370. The molecule has 3 heteroatoms. The van der Waals surface area contributed by atoms with Crippen LogP contribution in [-0.2, 0) is 0 Å². The summed E-state index contributed by atoms with van der Waals surface area (Å²) in [6.45, 7) is 3.12. The van der Waals surface area contributed by atoms with Crippen molar-refractivity contribution in [1.82, 2.24) is 15.3 Å². The highest BCUT2D eigenvalue weighted by Crippen LogP contribution is 2.36. The minimum atomic E-state index is 0.370. The Balaban J connectivity index is 2.09. The topological polar surface area (TPSA) is 37.8 Å². The van der Waals surface area contributed by atoms with E-state index in [9.17, 15) is 0 Å². The van der Waals surface area contributed by atoms with Crippen LogP contribution in [0.4, 0.5) is 0 Å². The van der Waals surface area contributed by atoms with Gasteiger partial charge in [-0.2, -0.15) is 0 Å². The second-order valence-corrected chi connectivity index (χ2v) is 3.83. The number of nitrogens with zero attached hydrogens (tertiary/aromatic N) is 2. The molecule has 1 saturated carbocycles. The lowest BCUT2D eigenvalue weighted by Gasteiger charge is -2.33. The standard InChI is InChI=1S/C11H17N3/c1-2-12-10(9-5-3-6-9)11-13-7-4-8-14-11/h4,7-10,12H,2-3,5-6H2,1H3. The normalized spacial score (nSPS) is 18.9. The summed E-state index contributed by atoms with van der Waals surface area (Å²) in [5.74, 6) is 1.70. The van der Waals surface area contributed by atoms with Crippen molar-refractivity contribution >= 4 is 0 Å². The van der Waals surface area contributed by atoms with Crippen molar-refractivity contribution in [2.24, 2.45) is 5.92 Å². The van der Waals surface area contributed by atoms with E-state index >= 15 is 0 Å². The van der Waals surface area contributed by atoms with E-state index in [0.717, 1.165) is 18.3 Å². The summed E-state index contributed by atoms with van der Waals surface area (Å²) in [6.07, 6.45) is 7.64. The summed E-state index contributed by atoms with van der Waals surface area (Å²) in [5, 5.41) is 3.48. The third kappa shape index (κ3) is 1.93. The molecule has 3 nitrogen and oxygen atoms in total. The van der Waals surface area contributed by atoms with Crippen LogP contribution in [0, 0.1) is 5.92 Å². The second kappa shape index (κ2) is 4.51. The Morgan fingerprint density at radius 2 is 2.14 bits per heavy atom. The fraction of sp³-hybridized carbons (Fsp3) is 0.636. The predicted molar refractivity (Wildman–Crippen MR) is 55.8 cm³/mol. The van der Waals surface area contributed by atoms with Gasteiger partial charge in [0.1, 0.15) is 5.82 Å². The highest BCUT2D eigenvalue weighted by molar-refractivity contribution is 5.00. The Kier molecular flexibility index (Phi) is 3.09. The van der Waals surface area contributed by atoms with E-state index in [2.05, 4.69) is 22.2 Å². The summed E-state index contributed by atoms with van der Waals surface area (Å²) in [6, 6.07) is 2.24. The Morgan fingerprint density at radius 3 is 2.64 bits per heavy atom. The van der Waals surface area contributed by atoms with E-state index in [-0.39, 0.29) is 0 Å². The average Bonchev–Trinajstić information content (AvgIpc) is 2.16. The molecule has 2 rings (SSSR count). The molecule has 1 aliphatic carbocycles. The van der Waals surface area contributed by atoms with Crippen molar-refractivity contribution in [3.63, 3.8) is 0 Å². The Hall–Kier alpha value is -0.960. The van der Waals surface area contributed by atoms with Gasteiger partial charge in [0.25, 0.3) is 0 Å². The maximum Gasteiger partial charge on any atom is 0.145 e. The van der Waals surface area contributed by atoms with E-state index in [1.54, 1.807) is 0 Å². The first-order valence-electron chi connectivity index (χ1n) is 5.42. The molecule has 0 bridgehead atoms. The van der Waals surface area contributed by atoms with Crippen LogP contribution in [0.2, 0.25) is 0 Å². The predicted octanol–water partition coefficient (Wildman–Crippen LogP) is 1.93. The molecule has 1 aromatic rings. The summed E-state index contributed by atoms with van der Waals surface area (Å²) in [5.41, 5.74) is 0. The highest BCUT2D eigenvalue weighted by Gasteiger charge is 2.29. The molecule has 0 aliphatic heterocycles. The van der Waals surface area contributed by atoms with Crippen LogP contribution in [0.15, 0.2) is 18.5 Å². The molecule has 14 heavy (non-hydrogen) atoms. The van der Waals surface area contributed by atoms with Crippen molar-refractivity contribution in [2.75, 3.05) is 6.54 Å². The van der Waals surface area contributed by atoms with E-state index in [0.29, 0.717) is 6.04 Å². The molecule has 1 fully saturated rings. The van der Waals surface area contributed by atoms with Gasteiger partial charge in [0.15, 0.2) is 0 Å². The largest absolute Gasteiger partial charge is 0.307 e. The van der Waals surface area contributed by atoms with Crippen molar-refractivity contribution < 1.29 is 0 Å². The van der Waals surface area contributed by atoms with E-state index in [1.807, 2.05) is 18.5 Å². The van der Waals surface area contributed by atoms with Gasteiger partial charge in [0, 0.05) is 12.4 Å². The minimum Gasteiger partial charge on any atom is -0.307 e. The molecule has 1 atom stereocenters. The molecule has 1 heterocycles. The third-order valence-electron chi connectivity index (χ3n) is 2.91. The maximum atomic E-state index is 4.33. The lowest BCUT2D eigenvalue weighted by Crippen LogP contribution is -2.33.